The highest BCUT2D eigenvalue weighted by Crippen LogP contribution is 2.16. The van der Waals surface area contributed by atoms with Gasteiger partial charge in [0.05, 0.1) is 6.10 Å². The van der Waals surface area contributed by atoms with E-state index in [1.807, 2.05) is 0 Å². The van der Waals surface area contributed by atoms with Crippen molar-refractivity contribution < 1.29 is 4.74 Å². The van der Waals surface area contributed by atoms with Crippen molar-refractivity contribution in [1.82, 2.24) is 10.2 Å². The number of nitrogens with one attached hydrogen (secondary N) is 1. The predicted octanol–water partition coefficient (Wildman–Crippen LogP) is 2.02. The topological polar surface area (TPSA) is 24.5 Å². The summed E-state index contributed by atoms with van der Waals surface area (Å²) in [7, 11) is 0. The van der Waals surface area contributed by atoms with Crippen molar-refractivity contribution in [3.63, 3.8) is 0 Å². The van der Waals surface area contributed by atoms with Crippen LogP contribution in [-0.2, 0) is 4.74 Å². The van der Waals surface area contributed by atoms with Gasteiger partial charge < -0.3 is 15.0 Å². The number of rotatable bonds is 5. The van der Waals surface area contributed by atoms with Crippen molar-refractivity contribution in [2.45, 2.75) is 57.6 Å². The number of hydrogen-bond donors (Lipinski definition) is 1. The van der Waals surface area contributed by atoms with Crippen molar-refractivity contribution in [2.24, 2.45) is 0 Å². The Kier molecular flexibility index (Phi) is 5.75. The Balaban J connectivity index is 1.64. The summed E-state index contributed by atoms with van der Waals surface area (Å²) in [5.74, 6) is 0. The third-order valence-corrected chi connectivity index (χ3v) is 4.02. The van der Waals surface area contributed by atoms with Gasteiger partial charge in [0.25, 0.3) is 0 Å². The molecular formula is C14H28N2O. The van der Waals surface area contributed by atoms with E-state index in [4.69, 9.17) is 4.74 Å². The molecule has 0 saturated carbocycles. The fourth-order valence-corrected chi connectivity index (χ4v) is 3.00. The molecule has 0 aromatic heterocycles. The minimum atomic E-state index is 0.545. The van der Waals surface area contributed by atoms with Crippen molar-refractivity contribution in [2.75, 3.05) is 32.8 Å². The van der Waals surface area contributed by atoms with Crippen molar-refractivity contribution >= 4 is 0 Å². The molecule has 100 valence electrons. The van der Waals surface area contributed by atoms with Crippen LogP contribution in [0.2, 0.25) is 0 Å². The predicted molar refractivity (Wildman–Crippen MR) is 71.3 cm³/mol. The lowest BCUT2D eigenvalue weighted by molar-refractivity contribution is 0.00393. The van der Waals surface area contributed by atoms with E-state index >= 15 is 0 Å². The first kappa shape index (κ1) is 13.3. The van der Waals surface area contributed by atoms with Gasteiger partial charge >= 0.3 is 0 Å². The van der Waals surface area contributed by atoms with Crippen LogP contribution in [0.25, 0.3) is 0 Å². The summed E-state index contributed by atoms with van der Waals surface area (Å²) in [5.41, 5.74) is 0. The van der Waals surface area contributed by atoms with Crippen LogP contribution in [0, 0.1) is 0 Å². The van der Waals surface area contributed by atoms with Gasteiger partial charge in [-0.05, 0) is 32.1 Å². The molecule has 0 aliphatic carbocycles. The smallest absolute Gasteiger partial charge is 0.0587 e. The Bertz CT molecular complexity index is 202. The quantitative estimate of drug-likeness (QED) is 0.795. The molecule has 2 aliphatic rings. The van der Waals surface area contributed by atoms with E-state index in [9.17, 15) is 0 Å². The van der Waals surface area contributed by atoms with Gasteiger partial charge in [0.1, 0.15) is 0 Å². The standard InChI is InChI=1S/C14H28N2O/c1-2-5-13-12-16(10-8-15-13)9-7-14-6-3-4-11-17-14/h13-15H,2-12H2,1H3. The van der Waals surface area contributed by atoms with Gasteiger partial charge in [0.15, 0.2) is 0 Å². The first-order valence-electron chi connectivity index (χ1n) is 7.46. The molecule has 0 amide bonds. The maximum absolute atomic E-state index is 5.80. The highest BCUT2D eigenvalue weighted by Gasteiger charge is 2.20. The van der Waals surface area contributed by atoms with Crippen LogP contribution < -0.4 is 5.32 Å². The van der Waals surface area contributed by atoms with Gasteiger partial charge in [0.2, 0.25) is 0 Å². The fourth-order valence-electron chi connectivity index (χ4n) is 3.00. The lowest BCUT2D eigenvalue weighted by Gasteiger charge is -2.34. The Hall–Kier alpha value is -0.120. The average molecular weight is 240 g/mol. The van der Waals surface area contributed by atoms with E-state index in [1.165, 1.54) is 58.2 Å². The molecule has 2 unspecified atom stereocenters. The zero-order chi connectivity index (χ0) is 11.9. The minimum Gasteiger partial charge on any atom is -0.378 e. The van der Waals surface area contributed by atoms with Crippen molar-refractivity contribution in [1.29, 1.82) is 0 Å². The lowest BCUT2D eigenvalue weighted by atomic mass is 10.0. The van der Waals surface area contributed by atoms with Crippen LogP contribution >= 0.6 is 0 Å². The second-order valence-corrected chi connectivity index (χ2v) is 5.52. The molecule has 2 heterocycles. The van der Waals surface area contributed by atoms with Crippen LogP contribution in [-0.4, -0.2) is 49.8 Å². The van der Waals surface area contributed by atoms with Crippen LogP contribution in [0.5, 0.6) is 0 Å². The second kappa shape index (κ2) is 7.34. The molecule has 0 radical (unpaired) electrons. The summed E-state index contributed by atoms with van der Waals surface area (Å²) >= 11 is 0. The van der Waals surface area contributed by atoms with Gasteiger partial charge in [-0.3, -0.25) is 0 Å². The van der Waals surface area contributed by atoms with Crippen LogP contribution in [0.15, 0.2) is 0 Å². The van der Waals surface area contributed by atoms with Gasteiger partial charge in [-0.2, -0.15) is 0 Å². The Morgan fingerprint density at radius 2 is 2.24 bits per heavy atom. The van der Waals surface area contributed by atoms with Crippen molar-refractivity contribution in [3.8, 4) is 0 Å². The zero-order valence-corrected chi connectivity index (χ0v) is 11.3. The van der Waals surface area contributed by atoms with Gasteiger partial charge in [0, 0.05) is 38.8 Å². The highest BCUT2D eigenvalue weighted by molar-refractivity contribution is 4.79. The molecule has 2 aliphatic heterocycles. The number of nitrogens with zero attached hydrogens (tertiary/aromatic N) is 1. The zero-order valence-electron chi connectivity index (χ0n) is 11.3. The summed E-state index contributed by atoms with van der Waals surface area (Å²) in [6.07, 6.45) is 8.30. The Morgan fingerprint density at radius 1 is 1.29 bits per heavy atom. The highest BCUT2D eigenvalue weighted by atomic mass is 16.5. The Labute approximate surface area is 106 Å². The number of hydrogen-bond acceptors (Lipinski definition) is 3. The van der Waals surface area contributed by atoms with E-state index in [0.29, 0.717) is 6.10 Å². The first-order valence-corrected chi connectivity index (χ1v) is 7.46. The molecule has 17 heavy (non-hydrogen) atoms. The van der Waals surface area contributed by atoms with Gasteiger partial charge in [-0.15, -0.1) is 0 Å². The average Bonchev–Trinajstić information content (AvgIpc) is 2.39. The molecule has 0 aromatic carbocycles. The number of ether oxygens (including phenoxy) is 1. The first-order chi connectivity index (χ1) is 8.38. The normalized spacial score (nSPS) is 31.6. The number of piperazine rings is 1. The summed E-state index contributed by atoms with van der Waals surface area (Å²) < 4.78 is 5.80. The molecule has 2 saturated heterocycles. The van der Waals surface area contributed by atoms with Gasteiger partial charge in [-0.1, -0.05) is 13.3 Å². The Morgan fingerprint density at radius 3 is 3.00 bits per heavy atom. The third-order valence-electron chi connectivity index (χ3n) is 4.02. The van der Waals surface area contributed by atoms with E-state index in [2.05, 4.69) is 17.1 Å². The summed E-state index contributed by atoms with van der Waals surface area (Å²) in [6, 6.07) is 0.723. The molecular weight excluding hydrogens is 212 g/mol. The molecule has 3 heteroatoms. The SMILES string of the molecule is CCCC1CN(CCC2CCCCO2)CCN1. The van der Waals surface area contributed by atoms with E-state index in [0.717, 1.165) is 19.2 Å². The van der Waals surface area contributed by atoms with Gasteiger partial charge in [-0.25, -0.2) is 0 Å². The second-order valence-electron chi connectivity index (χ2n) is 5.52. The summed E-state index contributed by atoms with van der Waals surface area (Å²) in [6.45, 7) is 8.11. The largest absolute Gasteiger partial charge is 0.378 e. The third kappa shape index (κ3) is 4.57. The monoisotopic (exact) mass is 240 g/mol. The van der Waals surface area contributed by atoms with Crippen LogP contribution in [0.1, 0.15) is 45.4 Å². The molecule has 2 rings (SSSR count). The summed E-state index contributed by atoms with van der Waals surface area (Å²) in [4.78, 5) is 2.62. The van der Waals surface area contributed by atoms with Crippen LogP contribution in [0.3, 0.4) is 0 Å². The van der Waals surface area contributed by atoms with Crippen molar-refractivity contribution in [3.05, 3.63) is 0 Å². The molecule has 1 N–H and O–H groups in total. The van der Waals surface area contributed by atoms with E-state index < -0.39 is 0 Å². The van der Waals surface area contributed by atoms with Crippen LogP contribution in [0.4, 0.5) is 0 Å². The van der Waals surface area contributed by atoms with E-state index in [1.54, 1.807) is 0 Å². The molecule has 0 bridgehead atoms. The fraction of sp³-hybridized carbons (Fsp3) is 1.00. The molecule has 0 aromatic rings. The van der Waals surface area contributed by atoms with E-state index in [-0.39, 0.29) is 0 Å². The molecule has 3 nitrogen and oxygen atoms in total. The maximum Gasteiger partial charge on any atom is 0.0587 e. The molecule has 2 fully saturated rings. The minimum absolute atomic E-state index is 0.545. The summed E-state index contributed by atoms with van der Waals surface area (Å²) in [5, 5.41) is 3.62. The lowest BCUT2D eigenvalue weighted by Crippen LogP contribution is -2.51. The maximum atomic E-state index is 5.80. The molecule has 2 atom stereocenters. The molecule has 0 spiro atoms.